The monoisotopic (exact) mass is 441 g/mol. The van der Waals surface area contributed by atoms with Crippen molar-refractivity contribution < 1.29 is 23.5 Å². The van der Waals surface area contributed by atoms with Crippen LogP contribution >= 0.6 is 0 Å². The van der Waals surface area contributed by atoms with E-state index >= 15 is 0 Å². The Morgan fingerprint density at radius 2 is 1.56 bits per heavy atom. The molecule has 0 aliphatic heterocycles. The summed E-state index contributed by atoms with van der Waals surface area (Å²) in [6.45, 7) is 5.02. The zero-order chi connectivity index (χ0) is 23.3. The lowest BCUT2D eigenvalue weighted by Gasteiger charge is -2.24. The molecule has 0 bridgehead atoms. The fourth-order valence-corrected chi connectivity index (χ4v) is 2.78. The number of hydrogen-bond acceptors (Lipinski definition) is 5. The van der Waals surface area contributed by atoms with Gasteiger partial charge in [0.2, 0.25) is 0 Å². The lowest BCUT2D eigenvalue weighted by atomic mass is 10.1. The Bertz CT molecular complexity index is 941. The molecule has 2 amide bonds. The van der Waals surface area contributed by atoms with Gasteiger partial charge in [-0.25, -0.2) is 14.0 Å². The van der Waals surface area contributed by atoms with Gasteiger partial charge in [0, 0.05) is 12.2 Å². The van der Waals surface area contributed by atoms with Gasteiger partial charge in [-0.05, 0) is 48.7 Å². The van der Waals surface area contributed by atoms with E-state index in [0.717, 1.165) is 5.56 Å². The minimum absolute atomic E-state index is 0.264. The molecule has 2 rings (SSSR count). The predicted molar refractivity (Wildman–Crippen MR) is 123 cm³/mol. The zero-order valence-corrected chi connectivity index (χ0v) is 18.3. The standard InChI is InChI=1S/C24H28FN3O4/c1-4-13-28(17-18-7-9-19(25)10-8-18)20-11-12-21(26-23(29)31-14-5-2)22(16-20)27-24(30)32-15-6-3/h1,7-12,16H,5-6,13-15,17H2,2-3H3,(H,26,29)(H,27,30). The first kappa shape index (κ1) is 24.5. The highest BCUT2D eigenvalue weighted by Crippen LogP contribution is 2.29. The lowest BCUT2D eigenvalue weighted by molar-refractivity contribution is 0.160. The first-order chi connectivity index (χ1) is 15.5. The van der Waals surface area contributed by atoms with Crippen molar-refractivity contribution in [1.29, 1.82) is 0 Å². The molecule has 32 heavy (non-hydrogen) atoms. The van der Waals surface area contributed by atoms with Crippen molar-refractivity contribution >= 4 is 29.2 Å². The maximum absolute atomic E-state index is 13.2. The number of amides is 2. The Morgan fingerprint density at radius 1 is 0.969 bits per heavy atom. The molecular formula is C24H28FN3O4. The molecule has 8 heteroatoms. The molecule has 0 heterocycles. The van der Waals surface area contributed by atoms with Crippen LogP contribution in [0.15, 0.2) is 42.5 Å². The van der Waals surface area contributed by atoms with Gasteiger partial charge in [0.05, 0.1) is 31.1 Å². The van der Waals surface area contributed by atoms with Gasteiger partial charge in [0.25, 0.3) is 0 Å². The largest absolute Gasteiger partial charge is 0.449 e. The molecule has 0 aromatic heterocycles. The Hall–Kier alpha value is -3.73. The number of carbonyl (C=O) groups is 2. The molecule has 0 aliphatic rings. The average Bonchev–Trinajstić information content (AvgIpc) is 2.78. The summed E-state index contributed by atoms with van der Waals surface area (Å²) in [6, 6.07) is 11.2. The van der Waals surface area contributed by atoms with E-state index in [2.05, 4.69) is 16.6 Å². The highest BCUT2D eigenvalue weighted by Gasteiger charge is 2.15. The number of rotatable bonds is 10. The van der Waals surface area contributed by atoms with Crippen LogP contribution in [0.1, 0.15) is 32.3 Å². The maximum Gasteiger partial charge on any atom is 0.411 e. The number of nitrogens with zero attached hydrogens (tertiary/aromatic N) is 1. The van der Waals surface area contributed by atoms with E-state index in [1.54, 1.807) is 30.3 Å². The van der Waals surface area contributed by atoms with Gasteiger partial charge >= 0.3 is 12.2 Å². The summed E-state index contributed by atoms with van der Waals surface area (Å²) in [5.41, 5.74) is 2.25. The van der Waals surface area contributed by atoms with Gasteiger partial charge in [0.15, 0.2) is 0 Å². The fourth-order valence-electron chi connectivity index (χ4n) is 2.78. The molecule has 0 atom stereocenters. The van der Waals surface area contributed by atoms with E-state index in [0.29, 0.717) is 36.4 Å². The van der Waals surface area contributed by atoms with Gasteiger partial charge in [0.1, 0.15) is 5.82 Å². The number of hydrogen-bond donors (Lipinski definition) is 2. The van der Waals surface area contributed by atoms with Crippen molar-refractivity contribution in [2.24, 2.45) is 0 Å². The molecule has 0 radical (unpaired) electrons. The van der Waals surface area contributed by atoms with Crippen molar-refractivity contribution in [1.82, 2.24) is 0 Å². The minimum Gasteiger partial charge on any atom is -0.449 e. The van der Waals surface area contributed by atoms with E-state index in [9.17, 15) is 14.0 Å². The molecule has 2 aromatic carbocycles. The summed E-state index contributed by atoms with van der Waals surface area (Å²) in [5, 5.41) is 5.29. The predicted octanol–water partition coefficient (Wildman–Crippen LogP) is 5.38. The van der Waals surface area contributed by atoms with Crippen LogP contribution in [0.4, 0.5) is 31.0 Å². The normalized spacial score (nSPS) is 10.1. The third-order valence-corrected chi connectivity index (χ3v) is 4.29. The minimum atomic E-state index is -0.643. The summed E-state index contributed by atoms with van der Waals surface area (Å²) >= 11 is 0. The number of carbonyl (C=O) groups excluding carboxylic acids is 2. The van der Waals surface area contributed by atoms with Crippen LogP contribution in [0.2, 0.25) is 0 Å². The van der Waals surface area contributed by atoms with E-state index in [1.165, 1.54) is 12.1 Å². The molecule has 2 N–H and O–H groups in total. The van der Waals surface area contributed by atoms with Crippen molar-refractivity contribution in [2.75, 3.05) is 35.3 Å². The Morgan fingerprint density at radius 3 is 2.12 bits per heavy atom. The van der Waals surface area contributed by atoms with Gasteiger partial charge in [-0.15, -0.1) is 6.42 Å². The van der Waals surface area contributed by atoms with Crippen LogP contribution in [0.3, 0.4) is 0 Å². The van der Waals surface area contributed by atoms with Crippen LogP contribution in [0.5, 0.6) is 0 Å². The Kier molecular flexibility index (Phi) is 9.85. The molecule has 170 valence electrons. The molecule has 0 saturated heterocycles. The zero-order valence-electron chi connectivity index (χ0n) is 18.3. The summed E-state index contributed by atoms with van der Waals surface area (Å²) in [4.78, 5) is 26.1. The van der Waals surface area contributed by atoms with Crippen molar-refractivity contribution in [2.45, 2.75) is 33.2 Å². The van der Waals surface area contributed by atoms with Crippen molar-refractivity contribution in [3.8, 4) is 12.3 Å². The molecule has 0 fully saturated rings. The summed E-state index contributed by atoms with van der Waals surface area (Å²) in [7, 11) is 0. The second-order valence-corrected chi connectivity index (χ2v) is 6.94. The number of nitrogens with one attached hydrogen (secondary N) is 2. The first-order valence-electron chi connectivity index (χ1n) is 10.4. The maximum atomic E-state index is 13.2. The second kappa shape index (κ2) is 12.8. The fraction of sp³-hybridized carbons (Fsp3) is 0.333. The second-order valence-electron chi connectivity index (χ2n) is 6.94. The van der Waals surface area contributed by atoms with Gasteiger partial charge in [-0.1, -0.05) is 31.9 Å². The van der Waals surface area contributed by atoms with Crippen LogP contribution < -0.4 is 15.5 Å². The Labute approximate surface area is 187 Å². The summed E-state index contributed by atoms with van der Waals surface area (Å²) < 4.78 is 23.4. The lowest BCUT2D eigenvalue weighted by Crippen LogP contribution is -2.24. The quantitative estimate of drug-likeness (QED) is 0.484. The van der Waals surface area contributed by atoms with Gasteiger partial charge in [-0.3, -0.25) is 10.6 Å². The smallest absolute Gasteiger partial charge is 0.411 e. The summed E-state index contributed by atoms with van der Waals surface area (Å²) in [6.07, 6.45) is 5.64. The number of halogens is 1. The first-order valence-corrected chi connectivity index (χ1v) is 10.4. The number of terminal acetylenes is 1. The molecule has 7 nitrogen and oxygen atoms in total. The number of ether oxygens (including phenoxy) is 2. The third-order valence-electron chi connectivity index (χ3n) is 4.29. The van der Waals surface area contributed by atoms with E-state index in [1.807, 2.05) is 18.7 Å². The van der Waals surface area contributed by atoms with Crippen molar-refractivity contribution in [3.05, 3.63) is 53.8 Å². The third kappa shape index (κ3) is 7.84. The van der Waals surface area contributed by atoms with Crippen molar-refractivity contribution in [3.63, 3.8) is 0 Å². The number of anilines is 3. The van der Waals surface area contributed by atoms with Gasteiger partial charge in [-0.2, -0.15) is 0 Å². The van der Waals surface area contributed by atoms with E-state index < -0.39 is 12.2 Å². The SMILES string of the molecule is C#CCN(Cc1ccc(F)cc1)c1ccc(NC(=O)OCCC)c(NC(=O)OCCC)c1. The molecule has 0 aliphatic carbocycles. The number of benzene rings is 2. The summed E-state index contributed by atoms with van der Waals surface area (Å²) in [5.74, 6) is 2.29. The highest BCUT2D eigenvalue weighted by molar-refractivity contribution is 5.96. The van der Waals surface area contributed by atoms with Gasteiger partial charge < -0.3 is 14.4 Å². The molecule has 0 spiro atoms. The molecule has 0 saturated carbocycles. The Balaban J connectivity index is 2.30. The van der Waals surface area contributed by atoms with Crippen LogP contribution in [-0.4, -0.2) is 31.9 Å². The van der Waals surface area contributed by atoms with Crippen LogP contribution in [0, 0.1) is 18.2 Å². The van der Waals surface area contributed by atoms with Crippen LogP contribution in [-0.2, 0) is 16.0 Å². The van der Waals surface area contributed by atoms with E-state index in [-0.39, 0.29) is 25.6 Å². The molecule has 0 unspecified atom stereocenters. The molecular weight excluding hydrogens is 413 g/mol. The van der Waals surface area contributed by atoms with E-state index in [4.69, 9.17) is 15.9 Å². The molecule has 2 aromatic rings. The highest BCUT2D eigenvalue weighted by atomic mass is 19.1. The topological polar surface area (TPSA) is 79.9 Å². The van der Waals surface area contributed by atoms with Crippen LogP contribution in [0.25, 0.3) is 0 Å². The average molecular weight is 442 g/mol.